The average molecular weight is 367 g/mol. The van der Waals surface area contributed by atoms with Crippen LogP contribution in [0.2, 0.25) is 0 Å². The van der Waals surface area contributed by atoms with E-state index in [0.717, 1.165) is 22.6 Å². The van der Waals surface area contributed by atoms with Crippen molar-refractivity contribution in [1.29, 1.82) is 0 Å². The molecule has 0 bridgehead atoms. The number of rotatable bonds is 7. The lowest BCUT2D eigenvalue weighted by atomic mass is 10.1. The van der Waals surface area contributed by atoms with Crippen LogP contribution in [0.15, 0.2) is 59.5 Å². The summed E-state index contributed by atoms with van der Waals surface area (Å²) in [4.78, 5) is 27.7. The highest BCUT2D eigenvalue weighted by molar-refractivity contribution is 8.04. The number of imide groups is 1. The van der Waals surface area contributed by atoms with Gasteiger partial charge >= 0.3 is 0 Å². The fraction of sp³-hybridized carbons (Fsp3) is 0.238. The molecule has 3 rings (SSSR count). The third-order valence-electron chi connectivity index (χ3n) is 4.26. The highest BCUT2D eigenvalue weighted by atomic mass is 32.2. The minimum Gasteiger partial charge on any atom is -0.497 e. The van der Waals surface area contributed by atoms with Gasteiger partial charge in [0.1, 0.15) is 5.75 Å². The molecule has 0 atom stereocenters. The SMILES string of the molecule is CCSC1=C(c2ccc(OC)cc2)C(=O)N(CCc2ccccc2)C1=O. The van der Waals surface area contributed by atoms with Gasteiger partial charge in [-0.05, 0) is 35.4 Å². The van der Waals surface area contributed by atoms with Crippen molar-refractivity contribution in [1.82, 2.24) is 4.90 Å². The van der Waals surface area contributed by atoms with Crippen LogP contribution in [0.3, 0.4) is 0 Å². The molecule has 0 N–H and O–H groups in total. The number of amides is 2. The highest BCUT2D eigenvalue weighted by Gasteiger charge is 2.38. The van der Waals surface area contributed by atoms with Gasteiger partial charge in [0.05, 0.1) is 17.6 Å². The number of carbonyl (C=O) groups is 2. The molecule has 0 aromatic heterocycles. The van der Waals surface area contributed by atoms with Crippen LogP contribution in [0.5, 0.6) is 5.75 Å². The molecule has 4 nitrogen and oxygen atoms in total. The Bertz CT molecular complexity index is 828. The Hall–Kier alpha value is -2.53. The molecule has 0 saturated carbocycles. The molecule has 0 aliphatic carbocycles. The largest absolute Gasteiger partial charge is 0.497 e. The predicted molar refractivity (Wildman–Crippen MR) is 105 cm³/mol. The van der Waals surface area contributed by atoms with Crippen molar-refractivity contribution in [2.75, 3.05) is 19.4 Å². The van der Waals surface area contributed by atoms with Crippen molar-refractivity contribution in [2.45, 2.75) is 13.3 Å². The van der Waals surface area contributed by atoms with Crippen LogP contribution >= 0.6 is 11.8 Å². The second kappa shape index (κ2) is 8.23. The van der Waals surface area contributed by atoms with Crippen LogP contribution in [0.25, 0.3) is 5.57 Å². The Morgan fingerprint density at radius 3 is 2.27 bits per heavy atom. The maximum atomic E-state index is 13.0. The lowest BCUT2D eigenvalue weighted by Crippen LogP contribution is -2.33. The quantitative estimate of drug-likeness (QED) is 0.699. The van der Waals surface area contributed by atoms with Crippen LogP contribution in [0, 0.1) is 0 Å². The molecule has 2 aromatic carbocycles. The topological polar surface area (TPSA) is 46.6 Å². The van der Waals surface area contributed by atoms with E-state index >= 15 is 0 Å². The van der Waals surface area contributed by atoms with Crippen LogP contribution < -0.4 is 4.74 Å². The summed E-state index contributed by atoms with van der Waals surface area (Å²) in [5, 5.41) is 0. The summed E-state index contributed by atoms with van der Waals surface area (Å²) in [6, 6.07) is 17.2. The van der Waals surface area contributed by atoms with Crippen LogP contribution in [0.1, 0.15) is 18.1 Å². The van der Waals surface area contributed by atoms with Gasteiger partial charge in [0.25, 0.3) is 11.8 Å². The van der Waals surface area contributed by atoms with Gasteiger partial charge in [0, 0.05) is 6.54 Å². The summed E-state index contributed by atoms with van der Waals surface area (Å²) in [5.41, 5.74) is 2.36. The molecule has 2 aromatic rings. The number of benzene rings is 2. The minimum atomic E-state index is -0.216. The first-order valence-corrected chi connectivity index (χ1v) is 9.56. The molecule has 0 spiro atoms. The fourth-order valence-corrected chi connectivity index (χ4v) is 3.80. The van der Waals surface area contributed by atoms with Crippen molar-refractivity contribution >= 4 is 29.1 Å². The van der Waals surface area contributed by atoms with E-state index in [1.165, 1.54) is 16.7 Å². The van der Waals surface area contributed by atoms with E-state index < -0.39 is 0 Å². The maximum absolute atomic E-state index is 13.0. The van der Waals surface area contributed by atoms with Gasteiger partial charge in [-0.25, -0.2) is 0 Å². The van der Waals surface area contributed by atoms with Crippen LogP contribution in [-0.2, 0) is 16.0 Å². The van der Waals surface area contributed by atoms with Crippen molar-refractivity contribution in [3.05, 3.63) is 70.6 Å². The molecule has 0 fully saturated rings. The van der Waals surface area contributed by atoms with Gasteiger partial charge < -0.3 is 4.74 Å². The highest BCUT2D eigenvalue weighted by Crippen LogP contribution is 2.36. The van der Waals surface area contributed by atoms with E-state index in [9.17, 15) is 9.59 Å². The lowest BCUT2D eigenvalue weighted by Gasteiger charge is -2.15. The Balaban J connectivity index is 1.85. The van der Waals surface area contributed by atoms with E-state index in [2.05, 4.69) is 0 Å². The van der Waals surface area contributed by atoms with Crippen molar-refractivity contribution in [2.24, 2.45) is 0 Å². The molecular formula is C21H21NO3S. The Morgan fingerprint density at radius 2 is 1.65 bits per heavy atom. The zero-order valence-electron chi connectivity index (χ0n) is 14.9. The second-order valence-electron chi connectivity index (χ2n) is 5.86. The smallest absolute Gasteiger partial charge is 0.267 e. The normalized spacial score (nSPS) is 14.3. The molecule has 5 heteroatoms. The number of nitrogens with zero attached hydrogens (tertiary/aromatic N) is 1. The molecule has 134 valence electrons. The molecule has 0 radical (unpaired) electrons. The van der Waals surface area contributed by atoms with Gasteiger partial charge in [-0.1, -0.05) is 49.4 Å². The molecule has 1 heterocycles. The number of methoxy groups -OCH3 is 1. The molecule has 2 amide bonds. The molecule has 26 heavy (non-hydrogen) atoms. The average Bonchev–Trinajstić information content (AvgIpc) is 2.91. The van der Waals surface area contributed by atoms with Gasteiger partial charge in [0.2, 0.25) is 0 Å². The molecule has 1 aliphatic rings. The monoisotopic (exact) mass is 367 g/mol. The number of carbonyl (C=O) groups excluding carboxylic acids is 2. The van der Waals surface area contributed by atoms with E-state index in [-0.39, 0.29) is 11.8 Å². The zero-order chi connectivity index (χ0) is 18.5. The van der Waals surface area contributed by atoms with Gasteiger partial charge in [-0.15, -0.1) is 11.8 Å². The summed E-state index contributed by atoms with van der Waals surface area (Å²) >= 11 is 1.43. The van der Waals surface area contributed by atoms with Gasteiger partial charge in [-0.2, -0.15) is 0 Å². The van der Waals surface area contributed by atoms with Crippen molar-refractivity contribution < 1.29 is 14.3 Å². The Morgan fingerprint density at radius 1 is 0.962 bits per heavy atom. The number of ether oxygens (including phenoxy) is 1. The fourth-order valence-electron chi connectivity index (χ4n) is 2.93. The zero-order valence-corrected chi connectivity index (χ0v) is 15.7. The van der Waals surface area contributed by atoms with E-state index in [1.54, 1.807) is 19.2 Å². The van der Waals surface area contributed by atoms with E-state index in [4.69, 9.17) is 4.74 Å². The van der Waals surface area contributed by atoms with E-state index in [0.29, 0.717) is 23.4 Å². The summed E-state index contributed by atoms with van der Waals surface area (Å²) in [7, 11) is 1.60. The maximum Gasteiger partial charge on any atom is 0.267 e. The summed E-state index contributed by atoms with van der Waals surface area (Å²) in [6.45, 7) is 2.36. The summed E-state index contributed by atoms with van der Waals surface area (Å²) in [5.74, 6) is 1.05. The van der Waals surface area contributed by atoms with Crippen LogP contribution in [-0.4, -0.2) is 36.1 Å². The Kier molecular flexibility index (Phi) is 5.78. The lowest BCUT2D eigenvalue weighted by molar-refractivity contribution is -0.136. The van der Waals surface area contributed by atoms with Gasteiger partial charge in [-0.3, -0.25) is 14.5 Å². The molecule has 0 unspecified atom stereocenters. The standard InChI is InChI=1S/C21H21NO3S/c1-3-26-19-18(16-9-11-17(25-2)12-10-16)20(23)22(21(19)24)14-13-15-7-5-4-6-8-15/h4-12H,3,13-14H2,1-2H3. The van der Waals surface area contributed by atoms with Crippen molar-refractivity contribution in [3.8, 4) is 5.75 Å². The third-order valence-corrected chi connectivity index (χ3v) is 5.22. The first-order chi connectivity index (χ1) is 12.7. The first-order valence-electron chi connectivity index (χ1n) is 8.57. The summed E-state index contributed by atoms with van der Waals surface area (Å²) in [6.07, 6.45) is 0.651. The molecular weight excluding hydrogens is 346 g/mol. The second-order valence-corrected chi connectivity index (χ2v) is 7.14. The molecule has 1 aliphatic heterocycles. The number of hydrogen-bond donors (Lipinski definition) is 0. The predicted octanol–water partition coefficient (Wildman–Crippen LogP) is 3.77. The van der Waals surface area contributed by atoms with E-state index in [1.807, 2.05) is 49.4 Å². The number of thioether (sulfide) groups is 1. The summed E-state index contributed by atoms with van der Waals surface area (Å²) < 4.78 is 5.18. The van der Waals surface area contributed by atoms with Gasteiger partial charge in [0.15, 0.2) is 0 Å². The molecule has 0 saturated heterocycles. The number of hydrogen-bond acceptors (Lipinski definition) is 4. The van der Waals surface area contributed by atoms with Crippen LogP contribution in [0.4, 0.5) is 0 Å². The Labute approximate surface area is 157 Å². The van der Waals surface area contributed by atoms with Crippen molar-refractivity contribution in [3.63, 3.8) is 0 Å². The first kappa shape index (κ1) is 18.3. The third kappa shape index (κ3) is 3.68. The minimum absolute atomic E-state index is 0.191.